The Bertz CT molecular complexity index is 700. The van der Waals surface area contributed by atoms with Gasteiger partial charge in [0.05, 0.1) is 19.7 Å². The molecule has 0 N–H and O–H groups in total. The number of amides is 1. The lowest BCUT2D eigenvalue weighted by molar-refractivity contribution is 0.0276. The van der Waals surface area contributed by atoms with Gasteiger partial charge in [0.25, 0.3) is 0 Å². The van der Waals surface area contributed by atoms with Crippen LogP contribution >= 0.6 is 0 Å². The summed E-state index contributed by atoms with van der Waals surface area (Å²) < 4.78 is 17.0. The molecule has 0 bridgehead atoms. The molecule has 0 aliphatic carbocycles. The van der Waals surface area contributed by atoms with E-state index in [9.17, 15) is 4.79 Å². The molecule has 6 nitrogen and oxygen atoms in total. The summed E-state index contributed by atoms with van der Waals surface area (Å²) in [6.07, 6.45) is -0.723. The van der Waals surface area contributed by atoms with Crippen LogP contribution in [-0.2, 0) is 4.74 Å². The molecule has 1 heterocycles. The first-order chi connectivity index (χ1) is 11.7. The van der Waals surface area contributed by atoms with Gasteiger partial charge in [0.1, 0.15) is 11.7 Å². The number of nitrogens with zero attached hydrogens (tertiary/aromatic N) is 2. The molecule has 0 aromatic heterocycles. The van der Waals surface area contributed by atoms with Crippen molar-refractivity contribution in [2.75, 3.05) is 19.7 Å². The molecule has 1 amide bonds. The minimum absolute atomic E-state index is 0.342. The smallest absolute Gasteiger partial charge is 0.410 e. The molecule has 0 radical (unpaired) electrons. The first-order valence-electron chi connectivity index (χ1n) is 8.20. The van der Waals surface area contributed by atoms with Gasteiger partial charge in [-0.3, -0.25) is 0 Å². The van der Waals surface area contributed by atoms with Crippen LogP contribution < -0.4 is 9.47 Å². The number of hydrogen-bond donors (Lipinski definition) is 0. The van der Waals surface area contributed by atoms with Gasteiger partial charge < -0.3 is 19.1 Å². The van der Waals surface area contributed by atoms with E-state index in [1.165, 1.54) is 0 Å². The van der Waals surface area contributed by atoms with E-state index in [1.807, 2.05) is 27.7 Å². The fourth-order valence-corrected chi connectivity index (χ4v) is 2.41. The van der Waals surface area contributed by atoms with E-state index in [4.69, 9.17) is 20.8 Å². The van der Waals surface area contributed by atoms with E-state index < -0.39 is 5.60 Å². The molecule has 1 atom stereocenters. The molecule has 134 valence electrons. The van der Waals surface area contributed by atoms with Crippen LogP contribution in [-0.4, -0.2) is 42.4 Å². The highest BCUT2D eigenvalue weighted by Gasteiger charge is 2.34. The van der Waals surface area contributed by atoms with Crippen molar-refractivity contribution in [3.8, 4) is 11.5 Å². The molecule has 1 aliphatic rings. The van der Waals surface area contributed by atoms with E-state index in [0.29, 0.717) is 36.9 Å². The van der Waals surface area contributed by atoms with Crippen LogP contribution in [0.2, 0.25) is 0 Å². The van der Waals surface area contributed by atoms with Gasteiger partial charge in [-0.2, -0.15) is 0 Å². The second kappa shape index (κ2) is 7.47. The lowest BCUT2D eigenvalue weighted by atomic mass is 10.2. The van der Waals surface area contributed by atoms with Crippen molar-refractivity contribution in [3.63, 3.8) is 0 Å². The molecule has 1 fully saturated rings. The molecule has 6 heteroatoms. The van der Waals surface area contributed by atoms with Gasteiger partial charge in [-0.25, -0.2) is 9.64 Å². The molecule has 1 aliphatic heterocycles. The van der Waals surface area contributed by atoms with Crippen molar-refractivity contribution >= 4 is 11.8 Å². The molecule has 0 saturated carbocycles. The van der Waals surface area contributed by atoms with Crippen LogP contribution in [0, 0.1) is 6.57 Å². The number of benzene rings is 1. The largest absolute Gasteiger partial charge is 0.491 e. The highest BCUT2D eigenvalue weighted by molar-refractivity contribution is 5.69. The van der Waals surface area contributed by atoms with E-state index >= 15 is 0 Å². The average molecular weight is 344 g/mol. The van der Waals surface area contributed by atoms with Crippen molar-refractivity contribution in [3.05, 3.63) is 41.8 Å². The summed E-state index contributed by atoms with van der Waals surface area (Å²) in [7, 11) is 0. The van der Waals surface area contributed by atoms with Gasteiger partial charge in [-0.05, 0) is 45.4 Å². The highest BCUT2D eigenvalue weighted by atomic mass is 16.6. The Balaban J connectivity index is 2.10. The van der Waals surface area contributed by atoms with E-state index in [2.05, 4.69) is 11.4 Å². The van der Waals surface area contributed by atoms with Gasteiger partial charge in [-0.15, -0.1) is 0 Å². The molecule has 1 aromatic rings. The summed E-state index contributed by atoms with van der Waals surface area (Å²) in [5.74, 6) is 1.05. The minimum atomic E-state index is -0.547. The maximum absolute atomic E-state index is 12.2. The number of ether oxygens (including phenoxy) is 3. The second-order valence-corrected chi connectivity index (χ2v) is 6.80. The number of carbonyl (C=O) groups is 1. The van der Waals surface area contributed by atoms with Crippen LogP contribution in [0.15, 0.2) is 30.4 Å². The molecule has 25 heavy (non-hydrogen) atoms. The first-order valence-corrected chi connectivity index (χ1v) is 8.20. The number of hydrogen-bond acceptors (Lipinski definition) is 4. The zero-order valence-corrected chi connectivity index (χ0v) is 15.2. The fourth-order valence-electron chi connectivity index (χ4n) is 2.41. The third-order valence-corrected chi connectivity index (χ3v) is 3.51. The summed E-state index contributed by atoms with van der Waals surface area (Å²) in [5, 5.41) is 0. The van der Waals surface area contributed by atoms with Crippen molar-refractivity contribution in [2.24, 2.45) is 0 Å². The van der Waals surface area contributed by atoms with Gasteiger partial charge in [-0.1, -0.05) is 12.6 Å². The molecule has 1 aromatic carbocycles. The van der Waals surface area contributed by atoms with Crippen molar-refractivity contribution in [1.29, 1.82) is 0 Å². The SMILES string of the molecule is [C-]#[N+]c1ccc(O[C@H]2CN(C(=O)OC(C)(C)C)CC2=C)c(OCC)c1. The zero-order valence-electron chi connectivity index (χ0n) is 15.2. The summed E-state index contributed by atoms with van der Waals surface area (Å²) in [5.41, 5.74) is 0.730. The minimum Gasteiger partial charge on any atom is -0.491 e. The molecule has 1 saturated heterocycles. The quantitative estimate of drug-likeness (QED) is 0.607. The molecule has 2 rings (SSSR count). The van der Waals surface area contributed by atoms with E-state index in [-0.39, 0.29) is 12.2 Å². The Kier molecular flexibility index (Phi) is 5.58. The number of carbonyl (C=O) groups excluding carboxylic acids is 1. The third-order valence-electron chi connectivity index (χ3n) is 3.51. The fraction of sp³-hybridized carbons (Fsp3) is 0.474. The number of rotatable bonds is 4. The Labute approximate surface area is 148 Å². The van der Waals surface area contributed by atoms with Crippen LogP contribution in [0.5, 0.6) is 11.5 Å². The maximum Gasteiger partial charge on any atom is 0.410 e. The van der Waals surface area contributed by atoms with Crippen LogP contribution in [0.4, 0.5) is 10.5 Å². The summed E-state index contributed by atoms with van der Waals surface area (Å²) >= 11 is 0. The lowest BCUT2D eigenvalue weighted by Gasteiger charge is -2.24. The first kappa shape index (κ1) is 18.7. The standard InChI is InChI=1S/C19H24N2O4/c1-7-23-16-10-14(20-6)8-9-15(16)24-17-12-21(11-13(17)2)18(22)25-19(3,4)5/h8-10,17H,2,7,11-12H2,1,3-5H3/t17-/m0/s1. The summed E-state index contributed by atoms with van der Waals surface area (Å²) in [6, 6.07) is 5.03. The van der Waals surface area contributed by atoms with Crippen molar-refractivity contribution < 1.29 is 19.0 Å². The molecule has 0 spiro atoms. The second-order valence-electron chi connectivity index (χ2n) is 6.80. The molecular weight excluding hydrogens is 320 g/mol. The summed E-state index contributed by atoms with van der Waals surface area (Å²) in [6.45, 7) is 19.7. The van der Waals surface area contributed by atoms with Crippen molar-refractivity contribution in [1.82, 2.24) is 4.90 Å². The lowest BCUT2D eigenvalue weighted by Crippen LogP contribution is -2.36. The topological polar surface area (TPSA) is 52.4 Å². The predicted octanol–water partition coefficient (Wildman–Crippen LogP) is 4.19. The van der Waals surface area contributed by atoms with Gasteiger partial charge in [0.2, 0.25) is 0 Å². The highest BCUT2D eigenvalue weighted by Crippen LogP contribution is 2.34. The summed E-state index contributed by atoms with van der Waals surface area (Å²) in [4.78, 5) is 17.2. The van der Waals surface area contributed by atoms with Gasteiger partial charge in [0, 0.05) is 6.54 Å². The third kappa shape index (κ3) is 4.90. The predicted molar refractivity (Wildman–Crippen MR) is 95.2 cm³/mol. The molecule has 0 unspecified atom stereocenters. The van der Waals surface area contributed by atoms with Gasteiger partial charge in [0.15, 0.2) is 17.2 Å². The Morgan fingerprint density at radius 1 is 1.40 bits per heavy atom. The van der Waals surface area contributed by atoms with Gasteiger partial charge >= 0.3 is 6.09 Å². The van der Waals surface area contributed by atoms with Crippen molar-refractivity contribution in [2.45, 2.75) is 39.4 Å². The van der Waals surface area contributed by atoms with E-state index in [1.54, 1.807) is 23.1 Å². The average Bonchev–Trinajstić information content (AvgIpc) is 2.89. The number of likely N-dealkylation sites (tertiary alicyclic amines) is 1. The van der Waals surface area contributed by atoms with E-state index in [0.717, 1.165) is 5.57 Å². The maximum atomic E-state index is 12.2. The van der Waals surface area contributed by atoms with Crippen LogP contribution in [0.25, 0.3) is 4.85 Å². The molecular formula is C19H24N2O4. The Hall–Kier alpha value is -2.68. The normalized spacial score (nSPS) is 17.2. The Morgan fingerprint density at radius 2 is 2.12 bits per heavy atom. The monoisotopic (exact) mass is 344 g/mol. The van der Waals surface area contributed by atoms with Crippen LogP contribution in [0.1, 0.15) is 27.7 Å². The Morgan fingerprint density at radius 3 is 2.72 bits per heavy atom. The van der Waals surface area contributed by atoms with Crippen LogP contribution in [0.3, 0.4) is 0 Å². The zero-order chi connectivity index (χ0) is 18.6.